The lowest BCUT2D eigenvalue weighted by Gasteiger charge is -2.24. The maximum atomic E-state index is 13.3. The highest BCUT2D eigenvalue weighted by Gasteiger charge is 2.22. The van der Waals surface area contributed by atoms with Gasteiger partial charge in [0.05, 0.1) is 32.9 Å². The predicted octanol–water partition coefficient (Wildman–Crippen LogP) is 4.06. The lowest BCUT2D eigenvalue weighted by atomic mass is 10.3. The summed E-state index contributed by atoms with van der Waals surface area (Å²) in [5.41, 5.74) is 0.607. The second-order valence-corrected chi connectivity index (χ2v) is 13.7. The van der Waals surface area contributed by atoms with Gasteiger partial charge in [-0.1, -0.05) is 25.2 Å². The predicted molar refractivity (Wildman–Crippen MR) is 154 cm³/mol. The van der Waals surface area contributed by atoms with Gasteiger partial charge in [-0.15, -0.1) is 12.4 Å². The van der Waals surface area contributed by atoms with Crippen molar-refractivity contribution in [2.75, 3.05) is 50.2 Å². The molecule has 0 unspecified atom stereocenters. The van der Waals surface area contributed by atoms with E-state index in [1.165, 1.54) is 36.6 Å². The highest BCUT2D eigenvalue weighted by molar-refractivity contribution is 7.91. The summed E-state index contributed by atoms with van der Waals surface area (Å²) >= 11 is 1.25. The Labute approximate surface area is 235 Å². The number of aromatic nitrogens is 1. The second-order valence-electron chi connectivity index (χ2n) is 8.57. The Hall–Kier alpha value is -2.25. The number of sulfone groups is 2. The highest BCUT2D eigenvalue weighted by atomic mass is 35.5. The summed E-state index contributed by atoms with van der Waals surface area (Å²) in [5.74, 6) is 0.184. The van der Waals surface area contributed by atoms with E-state index in [1.807, 2.05) is 13.8 Å². The number of rotatable bonds is 13. The van der Waals surface area contributed by atoms with Gasteiger partial charge < -0.3 is 9.64 Å². The van der Waals surface area contributed by atoms with Crippen LogP contribution in [0.1, 0.15) is 26.7 Å². The van der Waals surface area contributed by atoms with E-state index in [0.717, 1.165) is 19.3 Å². The fraction of sp³-hybridized carbons (Fsp3) is 0.440. The molecule has 13 heteroatoms. The summed E-state index contributed by atoms with van der Waals surface area (Å²) in [6.07, 6.45) is 1.35. The number of benzene rings is 2. The van der Waals surface area contributed by atoms with Crippen LogP contribution in [0, 0.1) is 0 Å². The van der Waals surface area contributed by atoms with Gasteiger partial charge in [0.1, 0.15) is 5.75 Å². The summed E-state index contributed by atoms with van der Waals surface area (Å²) in [6, 6.07) is 10.9. The molecule has 0 aliphatic carbocycles. The average molecular weight is 604 g/mol. The average Bonchev–Trinajstić information content (AvgIpc) is 3.29. The van der Waals surface area contributed by atoms with Crippen molar-refractivity contribution in [1.29, 1.82) is 0 Å². The maximum Gasteiger partial charge on any atom is 0.228 e. The number of amides is 1. The fourth-order valence-electron chi connectivity index (χ4n) is 3.80. The number of methoxy groups -OCH3 is 1. The van der Waals surface area contributed by atoms with E-state index in [-0.39, 0.29) is 46.7 Å². The first-order chi connectivity index (χ1) is 17.5. The molecule has 0 aliphatic heterocycles. The van der Waals surface area contributed by atoms with Crippen molar-refractivity contribution in [2.45, 2.75) is 36.5 Å². The Kier molecular flexibility index (Phi) is 11.5. The molecule has 0 N–H and O–H groups in total. The number of thiazole rings is 1. The largest absolute Gasteiger partial charge is 0.497 e. The highest BCUT2D eigenvalue weighted by Crippen LogP contribution is 2.31. The van der Waals surface area contributed by atoms with Crippen LogP contribution in [-0.2, 0) is 24.5 Å². The SMILES string of the molecule is CCN(CC)CCN(C(=O)CCCS(=O)(=O)c1ccc(OC)cc1)c1nc2ccc(S(C)(=O)=O)cc2s1.Cl. The number of fused-ring (bicyclic) bond motifs is 1. The Balaban J connectivity index is 0.00000507. The van der Waals surface area contributed by atoms with Gasteiger partial charge in [-0.3, -0.25) is 9.69 Å². The number of hydrogen-bond acceptors (Lipinski definition) is 9. The third kappa shape index (κ3) is 8.12. The molecule has 0 fully saturated rings. The van der Waals surface area contributed by atoms with Gasteiger partial charge in [-0.25, -0.2) is 21.8 Å². The zero-order valence-corrected chi connectivity index (χ0v) is 25.2. The van der Waals surface area contributed by atoms with Crippen LogP contribution in [0.15, 0.2) is 52.3 Å². The van der Waals surface area contributed by atoms with Crippen molar-refractivity contribution in [1.82, 2.24) is 9.88 Å². The van der Waals surface area contributed by atoms with Crippen LogP contribution in [0.25, 0.3) is 10.2 Å². The van der Waals surface area contributed by atoms with Gasteiger partial charge in [0.25, 0.3) is 0 Å². The number of anilines is 1. The maximum absolute atomic E-state index is 13.3. The summed E-state index contributed by atoms with van der Waals surface area (Å²) in [7, 11) is -5.41. The first kappa shape index (κ1) is 32.0. The van der Waals surface area contributed by atoms with Crippen LogP contribution in [-0.4, -0.2) is 77.9 Å². The zero-order valence-electron chi connectivity index (χ0n) is 21.9. The molecule has 0 saturated carbocycles. The van der Waals surface area contributed by atoms with Crippen molar-refractivity contribution in [2.24, 2.45) is 0 Å². The van der Waals surface area contributed by atoms with E-state index in [4.69, 9.17) is 4.74 Å². The van der Waals surface area contributed by atoms with Crippen molar-refractivity contribution in [3.05, 3.63) is 42.5 Å². The van der Waals surface area contributed by atoms with Crippen LogP contribution in [0.4, 0.5) is 5.13 Å². The molecule has 0 radical (unpaired) electrons. The summed E-state index contributed by atoms with van der Waals surface area (Å²) < 4.78 is 55.2. The van der Waals surface area contributed by atoms with Gasteiger partial charge in [0.2, 0.25) is 5.91 Å². The molecule has 0 bridgehead atoms. The van der Waals surface area contributed by atoms with E-state index < -0.39 is 19.7 Å². The summed E-state index contributed by atoms with van der Waals surface area (Å²) in [4.78, 5) is 22.0. The van der Waals surface area contributed by atoms with Crippen molar-refractivity contribution in [3.8, 4) is 5.75 Å². The van der Waals surface area contributed by atoms with E-state index >= 15 is 0 Å². The number of likely N-dealkylation sites (N-methyl/N-ethyl adjacent to an activating group) is 1. The number of carbonyl (C=O) groups excluding carboxylic acids is 1. The minimum absolute atomic E-state index is 0. The number of hydrogen-bond donors (Lipinski definition) is 0. The minimum atomic E-state index is -3.55. The van der Waals surface area contributed by atoms with E-state index in [9.17, 15) is 21.6 Å². The molecule has 0 aliphatic rings. The third-order valence-corrected chi connectivity index (χ3v) is 10.0. The molecule has 3 rings (SSSR count). The number of carbonyl (C=O) groups is 1. The standard InChI is InChI=1S/C25H33N3O6S3.ClH/c1-5-27(6-2)15-16-28(25-26-22-14-13-21(36(4,30)31)18-23(22)35-25)24(29)8-7-17-37(32,33)20-11-9-19(34-3)10-12-20;/h9-14,18H,5-8,15-17H2,1-4H3;1H. The molecule has 210 valence electrons. The topological polar surface area (TPSA) is 114 Å². The molecule has 0 spiro atoms. The molecular formula is C25H34ClN3O6S3. The molecule has 38 heavy (non-hydrogen) atoms. The van der Waals surface area contributed by atoms with Crippen molar-refractivity contribution < 1.29 is 26.4 Å². The Bertz CT molecular complexity index is 1440. The number of halogens is 1. The van der Waals surface area contributed by atoms with Gasteiger partial charge in [0.15, 0.2) is 24.8 Å². The molecular weight excluding hydrogens is 570 g/mol. The monoisotopic (exact) mass is 603 g/mol. The molecule has 2 aromatic carbocycles. The van der Waals surface area contributed by atoms with Gasteiger partial charge >= 0.3 is 0 Å². The van der Waals surface area contributed by atoms with Crippen molar-refractivity contribution in [3.63, 3.8) is 0 Å². The quantitative estimate of drug-likeness (QED) is 0.287. The molecule has 1 heterocycles. The van der Waals surface area contributed by atoms with Gasteiger partial charge in [-0.2, -0.15) is 0 Å². The minimum Gasteiger partial charge on any atom is -0.497 e. The first-order valence-electron chi connectivity index (χ1n) is 12.0. The summed E-state index contributed by atoms with van der Waals surface area (Å²) in [5, 5.41) is 0.468. The van der Waals surface area contributed by atoms with Crippen LogP contribution < -0.4 is 9.64 Å². The fourth-order valence-corrected chi connectivity index (χ4v) is 6.88. The number of ether oxygens (including phenoxy) is 1. The molecule has 0 saturated heterocycles. The molecule has 9 nitrogen and oxygen atoms in total. The van der Waals surface area contributed by atoms with Crippen molar-refractivity contribution >= 4 is 64.7 Å². The normalized spacial score (nSPS) is 11.9. The van der Waals surface area contributed by atoms with Crippen LogP contribution in [0.3, 0.4) is 0 Å². The van der Waals surface area contributed by atoms with E-state index in [1.54, 1.807) is 29.2 Å². The lowest BCUT2D eigenvalue weighted by molar-refractivity contribution is -0.118. The Morgan fingerprint density at radius 2 is 1.61 bits per heavy atom. The molecule has 1 aromatic heterocycles. The lowest BCUT2D eigenvalue weighted by Crippen LogP contribution is -2.38. The molecule has 3 aromatic rings. The zero-order chi connectivity index (χ0) is 27.2. The Morgan fingerprint density at radius 1 is 0.974 bits per heavy atom. The second kappa shape index (κ2) is 13.7. The number of nitrogens with zero attached hydrogens (tertiary/aromatic N) is 3. The van der Waals surface area contributed by atoms with Gasteiger partial charge in [-0.05, 0) is 62.0 Å². The van der Waals surface area contributed by atoms with Crippen LogP contribution in [0.2, 0.25) is 0 Å². The molecule has 1 amide bonds. The smallest absolute Gasteiger partial charge is 0.228 e. The first-order valence-corrected chi connectivity index (χ1v) is 16.3. The van der Waals surface area contributed by atoms with Crippen LogP contribution in [0.5, 0.6) is 5.75 Å². The molecule has 0 atom stereocenters. The van der Waals surface area contributed by atoms with E-state index in [0.29, 0.717) is 34.2 Å². The van der Waals surface area contributed by atoms with Gasteiger partial charge in [0, 0.05) is 25.8 Å². The summed E-state index contributed by atoms with van der Waals surface area (Å²) in [6.45, 7) is 6.78. The van der Waals surface area contributed by atoms with Crippen LogP contribution >= 0.6 is 23.7 Å². The Morgan fingerprint density at radius 3 is 2.18 bits per heavy atom. The van der Waals surface area contributed by atoms with E-state index in [2.05, 4.69) is 9.88 Å². The third-order valence-electron chi connectivity index (χ3n) is 6.07.